The summed E-state index contributed by atoms with van der Waals surface area (Å²) in [5.41, 5.74) is 2.15. The molecule has 0 aromatic heterocycles. The van der Waals surface area contributed by atoms with Crippen molar-refractivity contribution in [2.24, 2.45) is 0 Å². The Morgan fingerprint density at radius 3 is 2.21 bits per heavy atom. The molecule has 0 aliphatic carbocycles. The van der Waals surface area contributed by atoms with Crippen LogP contribution in [-0.2, 0) is 4.79 Å². The smallest absolute Gasteiger partial charge is 0.475 e. The maximum Gasteiger partial charge on any atom is 0.490 e. The van der Waals surface area contributed by atoms with Gasteiger partial charge in [-0.1, -0.05) is 36.0 Å². The molecule has 2 aromatic carbocycles. The van der Waals surface area contributed by atoms with Gasteiger partial charge in [-0.3, -0.25) is 0 Å². The fraction of sp³-hybridized carbons (Fsp3) is 0.350. The zero-order valence-corrected chi connectivity index (χ0v) is 16.0. The minimum absolute atomic E-state index is 0.0551. The Bertz CT molecular complexity index is 805. The Morgan fingerprint density at radius 2 is 1.64 bits per heavy atom. The topological polar surface area (TPSA) is 49.3 Å². The highest BCUT2D eigenvalue weighted by molar-refractivity contribution is 7.99. The van der Waals surface area contributed by atoms with Crippen LogP contribution in [0.2, 0.25) is 0 Å². The van der Waals surface area contributed by atoms with E-state index in [1.807, 2.05) is 18.2 Å². The van der Waals surface area contributed by atoms with E-state index in [9.17, 15) is 17.6 Å². The third-order valence-electron chi connectivity index (χ3n) is 4.32. The number of hydrogen-bond acceptors (Lipinski definition) is 3. The summed E-state index contributed by atoms with van der Waals surface area (Å²) in [5, 5.41) is 10.5. The molecule has 0 atom stereocenters. The number of piperidine rings is 1. The summed E-state index contributed by atoms with van der Waals surface area (Å²) < 4.78 is 46.1. The summed E-state index contributed by atoms with van der Waals surface area (Å²) in [7, 11) is 0. The van der Waals surface area contributed by atoms with Crippen LogP contribution in [0.25, 0.3) is 0 Å². The van der Waals surface area contributed by atoms with E-state index < -0.39 is 12.1 Å². The summed E-state index contributed by atoms with van der Waals surface area (Å²) in [6.07, 6.45) is -3.05. The summed E-state index contributed by atoms with van der Waals surface area (Å²) >= 11 is 1.69. The molecule has 3 nitrogen and oxygen atoms in total. The van der Waals surface area contributed by atoms with E-state index in [1.165, 1.54) is 10.5 Å². The minimum Gasteiger partial charge on any atom is -0.475 e. The molecule has 0 bridgehead atoms. The molecular formula is C20H21F4NO2S. The summed E-state index contributed by atoms with van der Waals surface area (Å²) in [4.78, 5) is 11.2. The monoisotopic (exact) mass is 415 g/mol. The van der Waals surface area contributed by atoms with Gasteiger partial charge in [-0.15, -0.1) is 0 Å². The third kappa shape index (κ3) is 6.24. The molecule has 0 spiro atoms. The maximum absolute atomic E-state index is 14.4. The lowest BCUT2D eigenvalue weighted by Gasteiger charge is -2.25. The van der Waals surface area contributed by atoms with Crippen molar-refractivity contribution >= 4 is 17.7 Å². The predicted molar refractivity (Wildman–Crippen MR) is 100 cm³/mol. The molecule has 0 unspecified atom stereocenters. The Kier molecular flexibility index (Phi) is 7.88. The number of carbonyl (C=O) groups is 1. The van der Waals surface area contributed by atoms with Gasteiger partial charge in [0.15, 0.2) is 0 Å². The van der Waals surface area contributed by atoms with Crippen molar-refractivity contribution < 1.29 is 27.5 Å². The number of alkyl halides is 3. The summed E-state index contributed by atoms with van der Waals surface area (Å²) in [6.45, 7) is 4.06. The van der Waals surface area contributed by atoms with Crippen LogP contribution in [0.15, 0.2) is 52.3 Å². The van der Waals surface area contributed by atoms with Gasteiger partial charge in [0, 0.05) is 15.4 Å². The quantitative estimate of drug-likeness (QED) is 0.661. The minimum atomic E-state index is -5.08. The first-order chi connectivity index (χ1) is 13.2. The molecule has 2 N–H and O–H groups in total. The van der Waals surface area contributed by atoms with Gasteiger partial charge in [0.25, 0.3) is 0 Å². The number of halogens is 4. The molecular weight excluding hydrogens is 394 g/mol. The second kappa shape index (κ2) is 9.93. The van der Waals surface area contributed by atoms with Gasteiger partial charge in [-0.05, 0) is 62.5 Å². The van der Waals surface area contributed by atoms with E-state index in [0.717, 1.165) is 36.4 Å². The molecule has 28 heavy (non-hydrogen) atoms. The molecule has 0 radical (unpaired) electrons. The van der Waals surface area contributed by atoms with E-state index in [-0.39, 0.29) is 5.82 Å². The van der Waals surface area contributed by atoms with Crippen LogP contribution in [0.3, 0.4) is 0 Å². The number of carboxylic acids is 1. The Morgan fingerprint density at radius 1 is 1.07 bits per heavy atom. The van der Waals surface area contributed by atoms with Crippen molar-refractivity contribution in [3.8, 4) is 0 Å². The van der Waals surface area contributed by atoms with Crippen molar-refractivity contribution in [1.82, 2.24) is 5.32 Å². The van der Waals surface area contributed by atoms with E-state index in [1.54, 1.807) is 17.8 Å². The van der Waals surface area contributed by atoms with E-state index >= 15 is 0 Å². The first kappa shape index (κ1) is 22.2. The SMILES string of the molecule is Cc1ccccc1Sc1cccc(F)c1C1CCNCC1.O=C(O)C(F)(F)F. The van der Waals surface area contributed by atoms with Crippen LogP contribution in [-0.4, -0.2) is 30.3 Å². The van der Waals surface area contributed by atoms with Gasteiger partial charge in [-0.25, -0.2) is 9.18 Å². The lowest BCUT2D eigenvalue weighted by molar-refractivity contribution is -0.192. The van der Waals surface area contributed by atoms with E-state index in [2.05, 4.69) is 30.4 Å². The van der Waals surface area contributed by atoms with Crippen LogP contribution in [0.1, 0.15) is 29.9 Å². The Labute approximate surface area is 165 Å². The van der Waals surface area contributed by atoms with E-state index in [4.69, 9.17) is 9.90 Å². The summed E-state index contributed by atoms with van der Waals surface area (Å²) in [5.74, 6) is -2.48. The third-order valence-corrected chi connectivity index (χ3v) is 5.57. The molecule has 2 aromatic rings. The van der Waals surface area contributed by atoms with Crippen molar-refractivity contribution in [2.75, 3.05) is 13.1 Å². The molecule has 3 rings (SSSR count). The number of nitrogens with one attached hydrogen (secondary N) is 1. The standard InChI is InChI=1S/C18H20FNS.C2HF3O2/c1-13-5-2-3-7-16(13)21-17-8-4-6-15(19)18(17)14-9-11-20-12-10-14;3-2(4,5)1(6)7/h2-8,14,20H,9-12H2,1H3;(H,6,7). The molecule has 8 heteroatoms. The molecule has 1 fully saturated rings. The lowest BCUT2D eigenvalue weighted by atomic mass is 9.90. The van der Waals surface area contributed by atoms with Crippen molar-refractivity contribution in [2.45, 2.75) is 41.7 Å². The largest absolute Gasteiger partial charge is 0.490 e. The first-order valence-corrected chi connectivity index (χ1v) is 9.54. The molecule has 152 valence electrons. The van der Waals surface area contributed by atoms with Gasteiger partial charge in [-0.2, -0.15) is 13.2 Å². The number of benzene rings is 2. The molecule has 1 aliphatic heterocycles. The van der Waals surface area contributed by atoms with Gasteiger partial charge in [0.1, 0.15) is 5.82 Å². The Balaban J connectivity index is 0.000000345. The first-order valence-electron chi connectivity index (χ1n) is 8.73. The average molecular weight is 415 g/mol. The number of hydrogen-bond donors (Lipinski definition) is 2. The highest BCUT2D eigenvalue weighted by atomic mass is 32.2. The second-order valence-electron chi connectivity index (χ2n) is 6.35. The Hall–Kier alpha value is -2.06. The fourth-order valence-corrected chi connectivity index (χ4v) is 4.04. The van der Waals surface area contributed by atoms with Crippen LogP contribution in [0.5, 0.6) is 0 Å². The number of carboxylic acid groups (broad SMARTS) is 1. The van der Waals surface area contributed by atoms with Crippen LogP contribution >= 0.6 is 11.8 Å². The fourth-order valence-electron chi connectivity index (χ4n) is 2.90. The van der Waals surface area contributed by atoms with Gasteiger partial charge >= 0.3 is 12.1 Å². The number of aliphatic carboxylic acids is 1. The number of aryl methyl sites for hydroxylation is 1. The molecule has 0 amide bonds. The lowest BCUT2D eigenvalue weighted by Crippen LogP contribution is -2.27. The maximum atomic E-state index is 14.4. The highest BCUT2D eigenvalue weighted by Gasteiger charge is 2.38. The number of rotatable bonds is 3. The van der Waals surface area contributed by atoms with Crippen molar-refractivity contribution in [3.63, 3.8) is 0 Å². The zero-order chi connectivity index (χ0) is 20.7. The molecule has 1 saturated heterocycles. The van der Waals surface area contributed by atoms with Crippen LogP contribution in [0, 0.1) is 12.7 Å². The van der Waals surface area contributed by atoms with Crippen molar-refractivity contribution in [1.29, 1.82) is 0 Å². The van der Waals surface area contributed by atoms with Gasteiger partial charge in [0.2, 0.25) is 0 Å². The normalized spacial score (nSPS) is 14.9. The predicted octanol–water partition coefficient (Wildman–Crippen LogP) is 5.39. The summed E-state index contributed by atoms with van der Waals surface area (Å²) in [6, 6.07) is 13.8. The average Bonchev–Trinajstić information content (AvgIpc) is 2.64. The van der Waals surface area contributed by atoms with Gasteiger partial charge < -0.3 is 10.4 Å². The van der Waals surface area contributed by atoms with Gasteiger partial charge in [0.05, 0.1) is 0 Å². The highest BCUT2D eigenvalue weighted by Crippen LogP contribution is 2.39. The van der Waals surface area contributed by atoms with E-state index in [0.29, 0.717) is 5.92 Å². The van der Waals surface area contributed by atoms with Crippen LogP contribution in [0.4, 0.5) is 17.6 Å². The molecule has 1 aliphatic rings. The second-order valence-corrected chi connectivity index (χ2v) is 7.43. The van der Waals surface area contributed by atoms with Crippen molar-refractivity contribution in [3.05, 3.63) is 59.4 Å². The zero-order valence-electron chi connectivity index (χ0n) is 15.2. The van der Waals surface area contributed by atoms with Crippen LogP contribution < -0.4 is 5.32 Å². The molecule has 0 saturated carbocycles. The molecule has 1 heterocycles.